The zero-order chi connectivity index (χ0) is 13.2. The summed E-state index contributed by atoms with van der Waals surface area (Å²) in [5, 5.41) is 9.32. The first-order chi connectivity index (χ1) is 9.26. The number of rotatable bonds is 2. The second kappa shape index (κ2) is 4.59. The summed E-state index contributed by atoms with van der Waals surface area (Å²) < 4.78 is 6.73. The molecule has 0 aliphatic heterocycles. The van der Waals surface area contributed by atoms with Crippen molar-refractivity contribution in [2.75, 3.05) is 5.73 Å². The van der Waals surface area contributed by atoms with Crippen LogP contribution in [0.25, 0.3) is 10.2 Å². The molecule has 3 rings (SSSR count). The number of hydrogen-bond acceptors (Lipinski definition) is 5. The predicted molar refractivity (Wildman–Crippen MR) is 75.3 cm³/mol. The number of aromatic nitrogens is 1. The third-order valence-corrected chi connectivity index (χ3v) is 3.52. The molecule has 0 atom stereocenters. The minimum atomic E-state index is 0.429. The lowest BCUT2D eigenvalue weighted by Crippen LogP contribution is -1.92. The van der Waals surface area contributed by atoms with Crippen LogP contribution in [-0.4, -0.2) is 4.98 Å². The van der Waals surface area contributed by atoms with E-state index < -0.39 is 0 Å². The Morgan fingerprint density at radius 3 is 2.79 bits per heavy atom. The Hall–Kier alpha value is -2.58. The summed E-state index contributed by atoms with van der Waals surface area (Å²) in [6, 6.07) is 14.8. The zero-order valence-electron chi connectivity index (χ0n) is 9.83. The second-order valence-electron chi connectivity index (χ2n) is 3.91. The lowest BCUT2D eigenvalue weighted by atomic mass is 10.2. The molecule has 2 N–H and O–H groups in total. The molecule has 0 radical (unpaired) electrons. The van der Waals surface area contributed by atoms with Crippen LogP contribution in [-0.2, 0) is 0 Å². The van der Waals surface area contributed by atoms with Crippen molar-refractivity contribution in [2.45, 2.75) is 0 Å². The van der Waals surface area contributed by atoms with E-state index in [1.54, 1.807) is 18.2 Å². The highest BCUT2D eigenvalue weighted by molar-refractivity contribution is 7.20. The van der Waals surface area contributed by atoms with Gasteiger partial charge in [-0.05, 0) is 30.3 Å². The molecule has 19 heavy (non-hydrogen) atoms. The monoisotopic (exact) mass is 267 g/mol. The number of benzene rings is 2. The van der Waals surface area contributed by atoms with Crippen molar-refractivity contribution in [1.29, 1.82) is 5.26 Å². The van der Waals surface area contributed by atoms with Gasteiger partial charge in [-0.15, -0.1) is 0 Å². The molecule has 4 nitrogen and oxygen atoms in total. The van der Waals surface area contributed by atoms with Gasteiger partial charge in [-0.1, -0.05) is 23.5 Å². The summed E-state index contributed by atoms with van der Waals surface area (Å²) in [6.07, 6.45) is 0. The molecule has 5 heteroatoms. The molecule has 0 aliphatic rings. The molecule has 1 heterocycles. The van der Waals surface area contributed by atoms with Crippen molar-refractivity contribution >= 4 is 27.2 Å². The summed E-state index contributed by atoms with van der Waals surface area (Å²) in [5.41, 5.74) is 7.68. The molecule has 92 valence electrons. The van der Waals surface area contributed by atoms with Gasteiger partial charge < -0.3 is 10.5 Å². The van der Waals surface area contributed by atoms with Crippen molar-refractivity contribution < 1.29 is 4.74 Å². The average Bonchev–Trinajstić information content (AvgIpc) is 2.83. The molecule has 0 spiro atoms. The van der Waals surface area contributed by atoms with E-state index in [0.717, 1.165) is 10.2 Å². The Morgan fingerprint density at radius 1 is 1.21 bits per heavy atom. The van der Waals surface area contributed by atoms with Gasteiger partial charge in [0.25, 0.3) is 5.19 Å². The normalized spacial score (nSPS) is 10.3. The fraction of sp³-hybridized carbons (Fsp3) is 0. The van der Waals surface area contributed by atoms with Gasteiger partial charge in [-0.3, -0.25) is 0 Å². The second-order valence-corrected chi connectivity index (χ2v) is 4.91. The highest BCUT2D eigenvalue weighted by atomic mass is 32.1. The number of nitrogens with zero attached hydrogens (tertiary/aromatic N) is 2. The number of para-hydroxylation sites is 1. The van der Waals surface area contributed by atoms with Crippen LogP contribution in [0.5, 0.6) is 10.9 Å². The van der Waals surface area contributed by atoms with Gasteiger partial charge in [0, 0.05) is 0 Å². The third-order valence-electron chi connectivity index (χ3n) is 2.61. The van der Waals surface area contributed by atoms with Crippen LogP contribution in [0.4, 0.5) is 5.69 Å². The summed E-state index contributed by atoms with van der Waals surface area (Å²) in [7, 11) is 0. The maximum Gasteiger partial charge on any atom is 0.279 e. The van der Waals surface area contributed by atoms with E-state index >= 15 is 0 Å². The zero-order valence-corrected chi connectivity index (χ0v) is 10.6. The highest BCUT2D eigenvalue weighted by Gasteiger charge is 2.08. The quantitative estimate of drug-likeness (QED) is 0.721. The van der Waals surface area contributed by atoms with Crippen LogP contribution in [0.2, 0.25) is 0 Å². The molecule has 0 aliphatic carbocycles. The summed E-state index contributed by atoms with van der Waals surface area (Å²) in [4.78, 5) is 4.37. The van der Waals surface area contributed by atoms with Gasteiger partial charge in [0.2, 0.25) is 0 Å². The van der Waals surface area contributed by atoms with Gasteiger partial charge in [0.1, 0.15) is 0 Å². The van der Waals surface area contributed by atoms with Crippen LogP contribution in [0.3, 0.4) is 0 Å². The highest BCUT2D eigenvalue weighted by Crippen LogP contribution is 2.33. The van der Waals surface area contributed by atoms with Gasteiger partial charge in [0.05, 0.1) is 27.5 Å². The Balaban J connectivity index is 1.94. The Labute approximate surface area is 113 Å². The van der Waals surface area contributed by atoms with Crippen LogP contribution < -0.4 is 10.5 Å². The SMILES string of the molecule is N#Cc1ccc(Oc2nc3ccccc3s2)c(N)c1. The van der Waals surface area contributed by atoms with Crippen molar-refractivity contribution in [1.82, 2.24) is 4.98 Å². The molecular weight excluding hydrogens is 258 g/mol. The molecule has 0 saturated heterocycles. The van der Waals surface area contributed by atoms with Crippen molar-refractivity contribution in [3.8, 4) is 17.0 Å². The molecule has 0 unspecified atom stereocenters. The fourth-order valence-corrected chi connectivity index (χ4v) is 2.53. The van der Waals surface area contributed by atoms with E-state index in [1.807, 2.05) is 30.3 Å². The van der Waals surface area contributed by atoms with Crippen LogP contribution >= 0.6 is 11.3 Å². The molecule has 2 aromatic carbocycles. The summed E-state index contributed by atoms with van der Waals surface area (Å²) >= 11 is 1.46. The Bertz CT molecular complexity index is 756. The van der Waals surface area contributed by atoms with Crippen molar-refractivity contribution in [3.05, 3.63) is 48.0 Å². The van der Waals surface area contributed by atoms with Crippen LogP contribution in [0.1, 0.15) is 5.56 Å². The first-order valence-electron chi connectivity index (χ1n) is 5.59. The number of nitriles is 1. The first kappa shape index (κ1) is 11.5. The molecule has 0 fully saturated rings. The molecule has 0 saturated carbocycles. The van der Waals surface area contributed by atoms with E-state index in [4.69, 9.17) is 15.7 Å². The van der Waals surface area contributed by atoms with E-state index in [1.165, 1.54) is 11.3 Å². The van der Waals surface area contributed by atoms with Crippen LogP contribution in [0.15, 0.2) is 42.5 Å². The molecular formula is C14H9N3OS. The number of fused-ring (bicyclic) bond motifs is 1. The molecule has 1 aromatic heterocycles. The predicted octanol–water partition coefficient (Wildman–Crippen LogP) is 3.54. The number of nitrogen functional groups attached to an aromatic ring is 1. The third kappa shape index (κ3) is 2.21. The minimum absolute atomic E-state index is 0.429. The summed E-state index contributed by atoms with van der Waals surface area (Å²) in [5.74, 6) is 0.512. The fourth-order valence-electron chi connectivity index (χ4n) is 1.70. The molecule has 3 aromatic rings. The Morgan fingerprint density at radius 2 is 2.05 bits per heavy atom. The van der Waals surface area contributed by atoms with E-state index in [9.17, 15) is 0 Å². The molecule has 0 bridgehead atoms. The summed E-state index contributed by atoms with van der Waals surface area (Å²) in [6.45, 7) is 0. The maximum atomic E-state index is 8.78. The number of thiazole rings is 1. The minimum Gasteiger partial charge on any atom is -0.429 e. The number of anilines is 1. The number of hydrogen-bond donors (Lipinski definition) is 1. The topological polar surface area (TPSA) is 71.9 Å². The van der Waals surface area contributed by atoms with E-state index in [-0.39, 0.29) is 0 Å². The van der Waals surface area contributed by atoms with Crippen molar-refractivity contribution in [2.24, 2.45) is 0 Å². The largest absolute Gasteiger partial charge is 0.429 e. The van der Waals surface area contributed by atoms with Crippen LogP contribution in [0, 0.1) is 11.3 Å². The number of ether oxygens (including phenoxy) is 1. The Kier molecular flexibility index (Phi) is 2.78. The molecule has 0 amide bonds. The standard InChI is InChI=1S/C14H9N3OS/c15-8-9-5-6-12(10(16)7-9)18-14-17-11-3-1-2-4-13(11)19-14/h1-7H,16H2. The van der Waals surface area contributed by atoms with Crippen molar-refractivity contribution in [3.63, 3.8) is 0 Å². The van der Waals surface area contributed by atoms with E-state index in [2.05, 4.69) is 4.98 Å². The lowest BCUT2D eigenvalue weighted by molar-refractivity contribution is 0.482. The smallest absolute Gasteiger partial charge is 0.279 e. The number of nitrogens with two attached hydrogens (primary N) is 1. The van der Waals surface area contributed by atoms with E-state index in [0.29, 0.717) is 22.2 Å². The first-order valence-corrected chi connectivity index (χ1v) is 6.41. The lowest BCUT2D eigenvalue weighted by Gasteiger charge is -2.04. The van der Waals surface area contributed by atoms with Gasteiger partial charge >= 0.3 is 0 Å². The maximum absolute atomic E-state index is 8.78. The van der Waals surface area contributed by atoms with Gasteiger partial charge in [-0.2, -0.15) is 5.26 Å². The van der Waals surface area contributed by atoms with Gasteiger partial charge in [-0.25, -0.2) is 4.98 Å². The van der Waals surface area contributed by atoms with Gasteiger partial charge in [0.15, 0.2) is 5.75 Å². The average molecular weight is 267 g/mol.